The molecule has 0 radical (unpaired) electrons. The van der Waals surface area contributed by atoms with Gasteiger partial charge in [-0.25, -0.2) is 0 Å². The van der Waals surface area contributed by atoms with E-state index in [0.29, 0.717) is 10.7 Å². The Morgan fingerprint density at radius 3 is 3.00 bits per heavy atom. The van der Waals surface area contributed by atoms with Crippen molar-refractivity contribution in [1.29, 1.82) is 0 Å². The van der Waals surface area contributed by atoms with Gasteiger partial charge in [0.15, 0.2) is 5.78 Å². The second-order valence-corrected chi connectivity index (χ2v) is 3.82. The molecule has 0 aliphatic carbocycles. The van der Waals surface area contributed by atoms with Gasteiger partial charge in [-0.05, 0) is 11.6 Å². The van der Waals surface area contributed by atoms with Crippen LogP contribution in [0.1, 0.15) is 16.1 Å². The van der Waals surface area contributed by atoms with Gasteiger partial charge in [-0.2, -0.15) is 8.75 Å². The van der Waals surface area contributed by atoms with Gasteiger partial charge in [-0.15, -0.1) is 0 Å². The Kier molecular flexibility index (Phi) is 3.03. The molecule has 0 saturated carbocycles. The molecule has 2 aromatic rings. The summed E-state index contributed by atoms with van der Waals surface area (Å²) in [5.41, 5.74) is 1.14. The van der Waals surface area contributed by atoms with Gasteiger partial charge < -0.3 is 0 Å². The summed E-state index contributed by atoms with van der Waals surface area (Å²) in [6.45, 7) is 0. The molecule has 0 spiro atoms. The second-order valence-electron chi connectivity index (χ2n) is 2.86. The van der Waals surface area contributed by atoms with Crippen LogP contribution < -0.4 is 0 Å². The third-order valence-corrected chi connectivity index (χ3v) is 2.67. The Labute approximate surface area is 95.3 Å². The zero-order chi connectivity index (χ0) is 10.7. The minimum atomic E-state index is -0.0862. The molecule has 0 N–H and O–H groups in total. The minimum Gasteiger partial charge on any atom is -0.292 e. The van der Waals surface area contributed by atoms with Crippen LogP contribution in [0.3, 0.4) is 0 Å². The quantitative estimate of drug-likeness (QED) is 0.769. The fourth-order valence-electron chi connectivity index (χ4n) is 1.10. The highest BCUT2D eigenvalue weighted by Crippen LogP contribution is 2.15. The van der Waals surface area contributed by atoms with Crippen molar-refractivity contribution in [1.82, 2.24) is 13.7 Å². The number of ketones is 1. The number of pyridine rings is 1. The third-order valence-electron chi connectivity index (χ3n) is 1.85. The van der Waals surface area contributed by atoms with Crippen molar-refractivity contribution in [3.05, 3.63) is 40.9 Å². The van der Waals surface area contributed by atoms with Crippen molar-refractivity contribution in [2.75, 3.05) is 0 Å². The Morgan fingerprint density at radius 1 is 1.47 bits per heavy atom. The van der Waals surface area contributed by atoms with Crippen molar-refractivity contribution in [2.24, 2.45) is 0 Å². The summed E-state index contributed by atoms with van der Waals surface area (Å²) in [6, 6.07) is 1.72. The molecular formula is C9H6ClN3OS. The molecule has 0 atom stereocenters. The number of carbonyl (C=O) groups excluding carboxylic acids is 1. The van der Waals surface area contributed by atoms with Crippen LogP contribution >= 0.6 is 23.3 Å². The average Bonchev–Trinajstić information content (AvgIpc) is 2.74. The average molecular weight is 240 g/mol. The molecule has 76 valence electrons. The number of hydrogen-bond donors (Lipinski definition) is 0. The van der Waals surface area contributed by atoms with E-state index in [-0.39, 0.29) is 12.2 Å². The molecule has 0 unspecified atom stereocenters. The van der Waals surface area contributed by atoms with E-state index in [2.05, 4.69) is 13.7 Å². The van der Waals surface area contributed by atoms with E-state index in [4.69, 9.17) is 11.6 Å². The summed E-state index contributed by atoms with van der Waals surface area (Å²) in [4.78, 5) is 15.5. The van der Waals surface area contributed by atoms with Crippen LogP contribution in [0.2, 0.25) is 5.02 Å². The van der Waals surface area contributed by atoms with Crippen LogP contribution in [0.25, 0.3) is 0 Å². The Bertz CT molecular complexity index is 472. The van der Waals surface area contributed by atoms with Crippen molar-refractivity contribution < 1.29 is 4.79 Å². The van der Waals surface area contributed by atoms with Crippen molar-refractivity contribution in [2.45, 2.75) is 6.42 Å². The van der Waals surface area contributed by atoms with E-state index in [1.165, 1.54) is 12.4 Å². The summed E-state index contributed by atoms with van der Waals surface area (Å²) in [5, 5.41) is 0.494. The molecule has 4 nitrogen and oxygen atoms in total. The first-order valence-electron chi connectivity index (χ1n) is 4.16. The molecule has 6 heteroatoms. The highest BCUT2D eigenvalue weighted by molar-refractivity contribution is 6.99. The molecule has 15 heavy (non-hydrogen) atoms. The van der Waals surface area contributed by atoms with Crippen LogP contribution in [0.4, 0.5) is 0 Å². The molecule has 0 aliphatic heterocycles. The van der Waals surface area contributed by atoms with Crippen LogP contribution in [0.5, 0.6) is 0 Å². The number of aromatic nitrogens is 3. The number of rotatable bonds is 3. The van der Waals surface area contributed by atoms with E-state index in [9.17, 15) is 4.79 Å². The van der Waals surface area contributed by atoms with E-state index in [1.807, 2.05) is 0 Å². The lowest BCUT2D eigenvalue weighted by molar-refractivity contribution is 0.0989. The summed E-state index contributed by atoms with van der Waals surface area (Å²) >= 11 is 6.90. The highest BCUT2D eigenvalue weighted by atomic mass is 35.5. The number of halogens is 1. The first-order valence-corrected chi connectivity index (χ1v) is 5.27. The largest absolute Gasteiger partial charge is 0.292 e. The van der Waals surface area contributed by atoms with E-state index >= 15 is 0 Å². The minimum absolute atomic E-state index is 0.0862. The molecular weight excluding hydrogens is 234 g/mol. The van der Waals surface area contributed by atoms with Crippen molar-refractivity contribution in [3.8, 4) is 0 Å². The lowest BCUT2D eigenvalue weighted by atomic mass is 10.1. The zero-order valence-electron chi connectivity index (χ0n) is 7.55. The molecule has 0 aliphatic rings. The zero-order valence-corrected chi connectivity index (χ0v) is 9.13. The molecule has 2 aromatic heterocycles. The molecule has 2 rings (SSSR count). The summed E-state index contributed by atoms with van der Waals surface area (Å²) in [7, 11) is 0. The highest BCUT2D eigenvalue weighted by Gasteiger charge is 2.11. The smallest absolute Gasteiger partial charge is 0.188 e. The fourth-order valence-corrected chi connectivity index (χ4v) is 1.72. The van der Waals surface area contributed by atoms with Gasteiger partial charge in [0.1, 0.15) is 5.69 Å². The maximum absolute atomic E-state index is 11.7. The summed E-state index contributed by atoms with van der Waals surface area (Å²) < 4.78 is 7.64. The molecule has 0 amide bonds. The predicted molar refractivity (Wildman–Crippen MR) is 57.2 cm³/mol. The normalized spacial score (nSPS) is 10.2. The number of nitrogens with zero attached hydrogens (tertiary/aromatic N) is 3. The monoisotopic (exact) mass is 239 g/mol. The number of hydrogen-bond acceptors (Lipinski definition) is 5. The third kappa shape index (κ3) is 2.37. The Balaban J connectivity index is 2.17. The van der Waals surface area contributed by atoms with Gasteiger partial charge in [0.2, 0.25) is 0 Å². The number of Topliss-reactive ketones (excluding diaryl/α,β-unsaturated/α-hetero) is 1. The molecule has 0 bridgehead atoms. The van der Waals surface area contributed by atoms with Gasteiger partial charge in [-0.1, -0.05) is 11.6 Å². The molecule has 0 saturated heterocycles. The Morgan fingerprint density at radius 2 is 2.33 bits per heavy atom. The van der Waals surface area contributed by atoms with E-state index in [0.717, 1.165) is 17.3 Å². The van der Waals surface area contributed by atoms with Crippen LogP contribution in [-0.2, 0) is 6.42 Å². The van der Waals surface area contributed by atoms with Crippen molar-refractivity contribution >= 4 is 29.1 Å². The van der Waals surface area contributed by atoms with Gasteiger partial charge in [0, 0.05) is 18.8 Å². The van der Waals surface area contributed by atoms with Gasteiger partial charge in [0.05, 0.1) is 22.9 Å². The van der Waals surface area contributed by atoms with Crippen molar-refractivity contribution in [3.63, 3.8) is 0 Å². The van der Waals surface area contributed by atoms with Gasteiger partial charge >= 0.3 is 0 Å². The van der Waals surface area contributed by atoms with Crippen LogP contribution in [-0.4, -0.2) is 19.5 Å². The maximum Gasteiger partial charge on any atom is 0.188 e. The number of carbonyl (C=O) groups is 1. The first-order chi connectivity index (χ1) is 7.27. The summed E-state index contributed by atoms with van der Waals surface area (Å²) in [6.07, 6.45) is 4.81. The van der Waals surface area contributed by atoms with Gasteiger partial charge in [0.25, 0.3) is 0 Å². The fraction of sp³-hybridized carbons (Fsp3) is 0.111. The lowest BCUT2D eigenvalue weighted by Crippen LogP contribution is -2.04. The topological polar surface area (TPSA) is 55.7 Å². The Hall–Kier alpha value is -1.33. The van der Waals surface area contributed by atoms with E-state index < -0.39 is 0 Å². The standard InChI is InChI=1S/C9H6ClN3OS/c10-7-4-11-2-1-6(7)3-9(14)8-5-12-15-13-8/h1-2,4-5H,3H2. The lowest BCUT2D eigenvalue weighted by Gasteiger charge is -2.00. The van der Waals surface area contributed by atoms with Gasteiger partial charge in [-0.3, -0.25) is 9.78 Å². The summed E-state index contributed by atoms with van der Waals surface area (Å²) in [5.74, 6) is -0.0862. The van der Waals surface area contributed by atoms with E-state index in [1.54, 1.807) is 12.3 Å². The second kappa shape index (κ2) is 4.46. The van der Waals surface area contributed by atoms with Crippen LogP contribution in [0.15, 0.2) is 24.7 Å². The predicted octanol–water partition coefficient (Wildman–Crippen LogP) is 2.01. The molecule has 2 heterocycles. The molecule has 0 aromatic carbocycles. The van der Waals surface area contributed by atoms with Crippen LogP contribution in [0, 0.1) is 0 Å². The maximum atomic E-state index is 11.7. The first kappa shape index (κ1) is 10.2. The SMILES string of the molecule is O=C(Cc1ccncc1Cl)c1cnsn1. The molecule has 0 fully saturated rings.